The number of nitrogens with one attached hydrogen (secondary N) is 2. The minimum Gasteiger partial charge on any atom is -0.487 e. The molecule has 0 atom stereocenters. The molecule has 0 aliphatic carbocycles. The third kappa shape index (κ3) is 6.22. The second kappa shape index (κ2) is 10.7. The van der Waals surface area contributed by atoms with E-state index in [0.717, 1.165) is 6.07 Å². The molecule has 0 spiro atoms. The Morgan fingerprint density at radius 3 is 2.55 bits per heavy atom. The number of anilines is 2. The van der Waals surface area contributed by atoms with Gasteiger partial charge in [-0.05, 0) is 55.0 Å². The molecule has 0 unspecified atom stereocenters. The van der Waals surface area contributed by atoms with Crippen LogP contribution in [0.4, 0.5) is 15.8 Å². The van der Waals surface area contributed by atoms with Crippen molar-refractivity contribution < 1.29 is 27.1 Å². The number of aryl methyl sites for hydroxylation is 1. The fraction of sp³-hybridized carbons (Fsp3) is 0.174. The van der Waals surface area contributed by atoms with Crippen molar-refractivity contribution in [1.29, 1.82) is 0 Å². The number of ether oxygens (including phenoxy) is 2. The molecule has 0 radical (unpaired) electrons. The first-order chi connectivity index (χ1) is 15.7. The molecule has 174 valence electrons. The Labute approximate surface area is 196 Å². The van der Waals surface area contributed by atoms with E-state index in [1.54, 1.807) is 18.2 Å². The maximum Gasteiger partial charge on any atom is 0.261 e. The van der Waals surface area contributed by atoms with E-state index in [-0.39, 0.29) is 22.8 Å². The zero-order chi connectivity index (χ0) is 24.0. The summed E-state index contributed by atoms with van der Waals surface area (Å²) in [4.78, 5) is 12.6. The molecule has 0 saturated heterocycles. The maximum absolute atomic E-state index is 13.8. The van der Waals surface area contributed by atoms with Crippen molar-refractivity contribution in [2.45, 2.75) is 11.8 Å². The number of benzene rings is 3. The second-order valence-electron chi connectivity index (χ2n) is 7.01. The smallest absolute Gasteiger partial charge is 0.261 e. The van der Waals surface area contributed by atoms with Gasteiger partial charge in [0.2, 0.25) is 0 Å². The van der Waals surface area contributed by atoms with Crippen LogP contribution in [0.15, 0.2) is 65.6 Å². The van der Waals surface area contributed by atoms with Gasteiger partial charge >= 0.3 is 0 Å². The van der Waals surface area contributed by atoms with Gasteiger partial charge in [-0.15, -0.1) is 0 Å². The Balaban J connectivity index is 1.79. The predicted molar refractivity (Wildman–Crippen MR) is 125 cm³/mol. The lowest BCUT2D eigenvalue weighted by Gasteiger charge is -2.14. The summed E-state index contributed by atoms with van der Waals surface area (Å²) in [5.41, 5.74) is 1.02. The molecule has 0 aliphatic heterocycles. The lowest BCUT2D eigenvalue weighted by atomic mass is 10.2. The Hall–Kier alpha value is -3.14. The minimum atomic E-state index is -4.05. The fourth-order valence-electron chi connectivity index (χ4n) is 2.85. The number of amides is 1. The molecule has 3 aromatic carbocycles. The molecule has 0 bridgehead atoms. The highest BCUT2D eigenvalue weighted by molar-refractivity contribution is 7.92. The molecule has 3 aromatic rings. The topological polar surface area (TPSA) is 93.7 Å². The Morgan fingerprint density at radius 2 is 1.82 bits per heavy atom. The Morgan fingerprint density at radius 1 is 1.06 bits per heavy atom. The van der Waals surface area contributed by atoms with Crippen LogP contribution in [0.1, 0.15) is 15.9 Å². The van der Waals surface area contributed by atoms with E-state index in [1.807, 2.05) is 0 Å². The van der Waals surface area contributed by atoms with Crippen LogP contribution in [0, 0.1) is 12.7 Å². The standard InChI is InChI=1S/C23H22ClFN2O5S/c1-15-9-10-18(14-20(15)25)33(29,30)27-17-6-3-5-16(13-17)23(28)26-21-8-4-7-19(24)22(21)32-12-11-31-2/h3-10,13-14,27H,11-12H2,1-2H3,(H,26,28). The van der Waals surface area contributed by atoms with E-state index in [9.17, 15) is 17.6 Å². The molecule has 3 rings (SSSR count). The fourth-order valence-corrected chi connectivity index (χ4v) is 4.14. The van der Waals surface area contributed by atoms with Gasteiger partial charge in [-0.3, -0.25) is 9.52 Å². The monoisotopic (exact) mass is 492 g/mol. The molecular formula is C23H22ClFN2O5S. The number of para-hydroxylation sites is 1. The Bertz CT molecular complexity index is 1270. The Kier molecular flexibility index (Phi) is 7.91. The molecule has 0 saturated carbocycles. The van der Waals surface area contributed by atoms with E-state index < -0.39 is 21.7 Å². The van der Waals surface area contributed by atoms with Crippen LogP contribution >= 0.6 is 11.6 Å². The average Bonchev–Trinajstić information content (AvgIpc) is 2.77. The first kappa shape index (κ1) is 24.5. The molecule has 0 heterocycles. The van der Waals surface area contributed by atoms with Gasteiger partial charge < -0.3 is 14.8 Å². The molecule has 2 N–H and O–H groups in total. The molecule has 0 aliphatic rings. The summed E-state index contributed by atoms with van der Waals surface area (Å²) in [6, 6.07) is 14.4. The zero-order valence-electron chi connectivity index (χ0n) is 17.9. The van der Waals surface area contributed by atoms with E-state index in [4.69, 9.17) is 21.1 Å². The molecule has 1 amide bonds. The van der Waals surface area contributed by atoms with Crippen molar-refractivity contribution >= 4 is 38.9 Å². The summed E-state index contributed by atoms with van der Waals surface area (Å²) in [6.45, 7) is 2.11. The molecule has 0 aromatic heterocycles. The lowest BCUT2D eigenvalue weighted by molar-refractivity contribution is 0.102. The predicted octanol–water partition coefficient (Wildman–Crippen LogP) is 4.87. The molecule has 0 fully saturated rings. The van der Waals surface area contributed by atoms with Crippen LogP contribution in [0.5, 0.6) is 5.75 Å². The normalized spacial score (nSPS) is 11.2. The van der Waals surface area contributed by atoms with E-state index in [1.165, 1.54) is 50.4 Å². The first-order valence-electron chi connectivity index (χ1n) is 9.82. The summed E-state index contributed by atoms with van der Waals surface area (Å²) in [6.07, 6.45) is 0. The van der Waals surface area contributed by atoms with E-state index in [2.05, 4.69) is 10.0 Å². The largest absolute Gasteiger partial charge is 0.487 e. The number of carbonyl (C=O) groups is 1. The van der Waals surface area contributed by atoms with E-state index >= 15 is 0 Å². The summed E-state index contributed by atoms with van der Waals surface area (Å²) < 4.78 is 52.0. The van der Waals surface area contributed by atoms with Crippen LogP contribution < -0.4 is 14.8 Å². The highest BCUT2D eigenvalue weighted by Crippen LogP contribution is 2.33. The highest BCUT2D eigenvalue weighted by Gasteiger charge is 2.18. The highest BCUT2D eigenvalue weighted by atomic mass is 35.5. The summed E-state index contributed by atoms with van der Waals surface area (Å²) in [5.74, 6) is -0.838. The number of sulfonamides is 1. The van der Waals surface area contributed by atoms with Crippen molar-refractivity contribution in [2.24, 2.45) is 0 Å². The number of hydrogen-bond acceptors (Lipinski definition) is 5. The summed E-state index contributed by atoms with van der Waals surface area (Å²) in [5, 5.41) is 3.03. The van der Waals surface area contributed by atoms with Gasteiger partial charge in [-0.25, -0.2) is 12.8 Å². The van der Waals surface area contributed by atoms with Gasteiger partial charge in [0.15, 0.2) is 5.75 Å². The van der Waals surface area contributed by atoms with Gasteiger partial charge in [0, 0.05) is 18.4 Å². The quantitative estimate of drug-likeness (QED) is 0.416. The SMILES string of the molecule is COCCOc1c(Cl)cccc1NC(=O)c1cccc(NS(=O)(=O)c2ccc(C)c(F)c2)c1. The van der Waals surface area contributed by atoms with Crippen LogP contribution in [-0.4, -0.2) is 34.6 Å². The second-order valence-corrected chi connectivity index (χ2v) is 9.10. The lowest BCUT2D eigenvalue weighted by Crippen LogP contribution is -2.16. The van der Waals surface area contributed by atoms with Crippen molar-refractivity contribution in [3.63, 3.8) is 0 Å². The molecule has 33 heavy (non-hydrogen) atoms. The number of methoxy groups -OCH3 is 1. The number of carbonyl (C=O) groups excluding carboxylic acids is 1. The average molecular weight is 493 g/mol. The van der Waals surface area contributed by atoms with Crippen LogP contribution in [-0.2, 0) is 14.8 Å². The number of rotatable bonds is 9. The van der Waals surface area contributed by atoms with Crippen LogP contribution in [0.25, 0.3) is 0 Å². The van der Waals surface area contributed by atoms with E-state index in [0.29, 0.717) is 28.6 Å². The molecule has 7 nitrogen and oxygen atoms in total. The number of halogens is 2. The molecule has 10 heteroatoms. The van der Waals surface area contributed by atoms with Gasteiger partial charge in [-0.1, -0.05) is 29.8 Å². The van der Waals surface area contributed by atoms with Crippen LogP contribution in [0.2, 0.25) is 5.02 Å². The van der Waals surface area contributed by atoms with Crippen molar-refractivity contribution in [1.82, 2.24) is 0 Å². The summed E-state index contributed by atoms with van der Waals surface area (Å²) in [7, 11) is -2.51. The van der Waals surface area contributed by atoms with Gasteiger partial charge in [0.05, 0.1) is 22.2 Å². The van der Waals surface area contributed by atoms with Crippen molar-refractivity contribution in [2.75, 3.05) is 30.4 Å². The van der Waals surface area contributed by atoms with Gasteiger partial charge in [-0.2, -0.15) is 0 Å². The van der Waals surface area contributed by atoms with Crippen LogP contribution in [0.3, 0.4) is 0 Å². The third-order valence-electron chi connectivity index (χ3n) is 4.58. The third-order valence-corrected chi connectivity index (χ3v) is 6.26. The number of hydrogen-bond donors (Lipinski definition) is 2. The van der Waals surface area contributed by atoms with Crippen molar-refractivity contribution in [3.05, 3.63) is 82.6 Å². The van der Waals surface area contributed by atoms with Gasteiger partial charge in [0.1, 0.15) is 12.4 Å². The summed E-state index contributed by atoms with van der Waals surface area (Å²) >= 11 is 6.19. The first-order valence-corrected chi connectivity index (χ1v) is 11.7. The van der Waals surface area contributed by atoms with Gasteiger partial charge in [0.25, 0.3) is 15.9 Å². The maximum atomic E-state index is 13.8. The minimum absolute atomic E-state index is 0.145. The van der Waals surface area contributed by atoms with Crippen molar-refractivity contribution in [3.8, 4) is 5.75 Å². The zero-order valence-corrected chi connectivity index (χ0v) is 19.5. The molecular weight excluding hydrogens is 471 g/mol.